The van der Waals surface area contributed by atoms with Gasteiger partial charge in [-0.2, -0.15) is 0 Å². The van der Waals surface area contributed by atoms with E-state index < -0.39 is 5.97 Å². The van der Waals surface area contributed by atoms with Crippen molar-refractivity contribution in [3.05, 3.63) is 22.9 Å². The minimum absolute atomic E-state index is 0.129. The van der Waals surface area contributed by atoms with Crippen LogP contribution in [0.2, 0.25) is 0 Å². The molecule has 0 aromatic rings. The summed E-state index contributed by atoms with van der Waals surface area (Å²) in [5, 5.41) is 0.274. The first-order valence-electron chi connectivity index (χ1n) is 4.99. The first-order valence-corrected chi connectivity index (χ1v) is 5.37. The Morgan fingerprint density at radius 3 is 2.38 bits per heavy atom. The van der Waals surface area contributed by atoms with Crippen molar-refractivity contribution in [3.63, 3.8) is 0 Å². The van der Waals surface area contributed by atoms with Crippen molar-refractivity contribution < 1.29 is 9.53 Å². The Bertz CT molecular complexity index is 342. The summed E-state index contributed by atoms with van der Waals surface area (Å²) in [4.78, 5) is 15.6. The van der Waals surface area contributed by atoms with E-state index in [1.165, 1.54) is 0 Å². The van der Waals surface area contributed by atoms with Crippen molar-refractivity contribution in [3.8, 4) is 0 Å². The average molecular weight is 245 g/mol. The van der Waals surface area contributed by atoms with Gasteiger partial charge in [0.05, 0.1) is 12.4 Å². The highest BCUT2D eigenvalue weighted by atomic mass is 35.5. The zero-order valence-corrected chi connectivity index (χ0v) is 10.6. The fraction of sp³-hybridized carbons (Fsp3) is 0.455. The van der Waals surface area contributed by atoms with Gasteiger partial charge in [-0.3, -0.25) is 0 Å². The van der Waals surface area contributed by atoms with Crippen molar-refractivity contribution in [1.82, 2.24) is 0 Å². The molecule has 0 aliphatic rings. The quantitative estimate of drug-likeness (QED) is 0.265. The normalized spacial score (nSPS) is 13.1. The molecule has 0 heterocycles. The molecule has 16 heavy (non-hydrogen) atoms. The Labute approximate surface area is 101 Å². The van der Waals surface area contributed by atoms with Crippen LogP contribution in [0.3, 0.4) is 0 Å². The molecule has 0 amide bonds. The van der Waals surface area contributed by atoms with Crippen LogP contribution in [0.4, 0.5) is 0 Å². The van der Waals surface area contributed by atoms with Crippen LogP contribution in [-0.4, -0.2) is 18.4 Å². The lowest BCUT2D eigenvalue weighted by Crippen LogP contribution is -2.13. The number of ether oxygens (including phenoxy) is 1. The lowest BCUT2D eigenvalue weighted by Gasteiger charge is -2.08. The molecule has 0 bridgehead atoms. The molecular formula is C11H17ClN2O2. The van der Waals surface area contributed by atoms with Crippen LogP contribution in [0.5, 0.6) is 0 Å². The third-order valence-electron chi connectivity index (χ3n) is 1.72. The molecule has 0 aromatic heterocycles. The number of esters is 1. The molecule has 0 spiro atoms. The van der Waals surface area contributed by atoms with E-state index in [2.05, 4.69) is 11.6 Å². The van der Waals surface area contributed by atoms with Gasteiger partial charge in [-0.15, -0.1) is 0 Å². The third-order valence-corrected chi connectivity index (χ3v) is 1.95. The van der Waals surface area contributed by atoms with Crippen LogP contribution in [0, 0.1) is 0 Å². The van der Waals surface area contributed by atoms with Crippen molar-refractivity contribution in [2.75, 3.05) is 6.61 Å². The average Bonchev–Trinajstić information content (AvgIpc) is 2.16. The minimum atomic E-state index is -0.536. The van der Waals surface area contributed by atoms with E-state index in [0.717, 1.165) is 0 Å². The predicted octanol–water partition coefficient (Wildman–Crippen LogP) is 2.34. The minimum Gasteiger partial charge on any atom is -0.461 e. The van der Waals surface area contributed by atoms with Crippen LogP contribution in [0.25, 0.3) is 0 Å². The summed E-state index contributed by atoms with van der Waals surface area (Å²) in [6.45, 7) is 9.01. The van der Waals surface area contributed by atoms with Gasteiger partial charge in [0.2, 0.25) is 0 Å². The number of carbonyl (C=O) groups is 1. The zero-order chi connectivity index (χ0) is 12.7. The summed E-state index contributed by atoms with van der Waals surface area (Å²) in [5.74, 6) is -0.266. The van der Waals surface area contributed by atoms with Crippen LogP contribution in [0.1, 0.15) is 27.2 Å². The van der Waals surface area contributed by atoms with Gasteiger partial charge in [0.25, 0.3) is 0 Å². The molecule has 90 valence electrons. The van der Waals surface area contributed by atoms with Gasteiger partial charge >= 0.3 is 5.97 Å². The molecule has 2 N–H and O–H groups in total. The number of nitrogens with zero attached hydrogens (tertiary/aromatic N) is 1. The fourth-order valence-corrected chi connectivity index (χ4v) is 1.32. The van der Waals surface area contributed by atoms with Crippen LogP contribution in [-0.2, 0) is 9.53 Å². The first-order chi connectivity index (χ1) is 7.43. The van der Waals surface area contributed by atoms with Crippen LogP contribution >= 0.6 is 11.6 Å². The highest BCUT2D eigenvalue weighted by Gasteiger charge is 2.16. The summed E-state index contributed by atoms with van der Waals surface area (Å²) < 4.78 is 4.88. The Morgan fingerprint density at radius 2 is 2.06 bits per heavy atom. The monoisotopic (exact) mass is 244 g/mol. The van der Waals surface area contributed by atoms with Gasteiger partial charge in [0, 0.05) is 10.6 Å². The fourth-order valence-electron chi connectivity index (χ4n) is 1.10. The van der Waals surface area contributed by atoms with Crippen molar-refractivity contribution >= 4 is 23.4 Å². The Balaban J connectivity index is 5.45. The third kappa shape index (κ3) is 4.49. The number of allylic oxidation sites excluding steroid dienone is 2. The molecule has 0 saturated carbocycles. The van der Waals surface area contributed by atoms with Gasteiger partial charge in [-0.1, -0.05) is 25.1 Å². The summed E-state index contributed by atoms with van der Waals surface area (Å²) in [6, 6.07) is 0. The highest BCUT2D eigenvalue weighted by molar-refractivity contribution is 6.32. The molecule has 0 rings (SSSR count). The zero-order valence-electron chi connectivity index (χ0n) is 9.84. The molecule has 0 fully saturated rings. The maximum Gasteiger partial charge on any atom is 0.357 e. The molecule has 5 heteroatoms. The molecule has 0 aliphatic carbocycles. The summed E-state index contributed by atoms with van der Waals surface area (Å²) in [5.41, 5.74) is 6.13. The molecule has 0 saturated heterocycles. The van der Waals surface area contributed by atoms with E-state index in [9.17, 15) is 4.79 Å². The lowest BCUT2D eigenvalue weighted by atomic mass is 10.1. The van der Waals surface area contributed by atoms with Crippen LogP contribution in [0.15, 0.2) is 27.9 Å². The van der Waals surface area contributed by atoms with Crippen molar-refractivity contribution in [2.45, 2.75) is 27.2 Å². The second kappa shape index (κ2) is 7.06. The number of rotatable bonds is 5. The largest absolute Gasteiger partial charge is 0.461 e. The molecule has 0 radical (unpaired) electrons. The molecule has 0 aliphatic heterocycles. The summed E-state index contributed by atoms with van der Waals surface area (Å²) >= 11 is 5.80. The summed E-state index contributed by atoms with van der Waals surface area (Å²) in [7, 11) is 0. The number of aliphatic imine (C=N–C) groups is 1. The topological polar surface area (TPSA) is 64.7 Å². The smallest absolute Gasteiger partial charge is 0.357 e. The van der Waals surface area contributed by atoms with E-state index in [4.69, 9.17) is 22.1 Å². The SMILES string of the molecule is C=C(Cl)/C(CC)=C(\N=C(C)N)C(=O)OCC. The first kappa shape index (κ1) is 14.7. The van der Waals surface area contributed by atoms with Gasteiger partial charge in [0.15, 0.2) is 5.70 Å². The van der Waals surface area contributed by atoms with E-state index in [1.807, 2.05) is 6.92 Å². The highest BCUT2D eigenvalue weighted by Crippen LogP contribution is 2.22. The Kier molecular flexibility index (Phi) is 6.49. The number of hydrogen-bond acceptors (Lipinski definition) is 3. The molecule has 4 nitrogen and oxygen atoms in total. The Hall–Kier alpha value is -1.29. The standard InChI is InChI=1S/C11H17ClN2O2/c1-5-9(7(3)12)10(14-8(4)13)11(15)16-6-2/h3,5-6H2,1-2,4H3,(H2,13,14)/b10-9-. The maximum absolute atomic E-state index is 11.6. The molecule has 0 aromatic carbocycles. The summed E-state index contributed by atoms with van der Waals surface area (Å²) in [6.07, 6.45) is 0.535. The maximum atomic E-state index is 11.6. The van der Waals surface area contributed by atoms with E-state index in [0.29, 0.717) is 12.0 Å². The number of amidine groups is 1. The van der Waals surface area contributed by atoms with Crippen LogP contribution < -0.4 is 5.73 Å². The van der Waals surface area contributed by atoms with E-state index in [-0.39, 0.29) is 23.2 Å². The van der Waals surface area contributed by atoms with Crippen molar-refractivity contribution in [2.24, 2.45) is 10.7 Å². The van der Waals surface area contributed by atoms with Gasteiger partial charge < -0.3 is 10.5 Å². The Morgan fingerprint density at radius 1 is 1.50 bits per heavy atom. The second-order valence-corrected chi connectivity index (χ2v) is 3.52. The predicted molar refractivity (Wildman–Crippen MR) is 66.2 cm³/mol. The van der Waals surface area contributed by atoms with E-state index in [1.54, 1.807) is 13.8 Å². The number of hydrogen-bond donors (Lipinski definition) is 1. The number of carbonyl (C=O) groups excluding carboxylic acids is 1. The van der Waals surface area contributed by atoms with Gasteiger partial charge in [0.1, 0.15) is 0 Å². The van der Waals surface area contributed by atoms with E-state index >= 15 is 0 Å². The molecule has 0 atom stereocenters. The molecule has 0 unspecified atom stereocenters. The van der Waals surface area contributed by atoms with Gasteiger partial charge in [-0.25, -0.2) is 9.79 Å². The number of halogens is 1. The lowest BCUT2D eigenvalue weighted by molar-refractivity contribution is -0.138. The molecular weight excluding hydrogens is 228 g/mol. The van der Waals surface area contributed by atoms with Crippen molar-refractivity contribution in [1.29, 1.82) is 0 Å². The van der Waals surface area contributed by atoms with Gasteiger partial charge in [-0.05, 0) is 20.3 Å². The number of nitrogens with two attached hydrogens (primary N) is 1. The second-order valence-electron chi connectivity index (χ2n) is 3.06.